The molecule has 0 saturated carbocycles. The third-order valence-corrected chi connectivity index (χ3v) is 3.03. The topological polar surface area (TPSA) is 72.9 Å². The molecule has 1 aliphatic heterocycles. The molecule has 0 spiro atoms. The lowest BCUT2D eigenvalue weighted by Crippen LogP contribution is -2.35. The van der Waals surface area contributed by atoms with E-state index in [-0.39, 0.29) is 30.9 Å². The van der Waals surface area contributed by atoms with Gasteiger partial charge in [-0.3, -0.25) is 9.59 Å². The van der Waals surface area contributed by atoms with E-state index in [0.29, 0.717) is 19.5 Å². The van der Waals surface area contributed by atoms with Crippen molar-refractivity contribution >= 4 is 11.8 Å². The Morgan fingerprint density at radius 3 is 2.89 bits per heavy atom. The molecule has 104 valence electrons. The summed E-state index contributed by atoms with van der Waals surface area (Å²) < 4.78 is 0. The van der Waals surface area contributed by atoms with Crippen molar-refractivity contribution in [2.45, 2.75) is 12.8 Å². The molecule has 0 aliphatic carbocycles. The summed E-state index contributed by atoms with van der Waals surface area (Å²) in [5.41, 5.74) is 0. The zero-order valence-corrected chi connectivity index (χ0v) is 11.2. The van der Waals surface area contributed by atoms with Crippen LogP contribution in [0.4, 0.5) is 0 Å². The van der Waals surface area contributed by atoms with Crippen LogP contribution in [0.2, 0.25) is 0 Å². The van der Waals surface area contributed by atoms with Gasteiger partial charge in [0, 0.05) is 26.1 Å². The van der Waals surface area contributed by atoms with Crippen LogP contribution in [-0.2, 0) is 9.59 Å². The Labute approximate surface area is 108 Å². The molecule has 1 atom stereocenters. The van der Waals surface area contributed by atoms with E-state index >= 15 is 0 Å². The summed E-state index contributed by atoms with van der Waals surface area (Å²) in [5.74, 6) is -0.339. The van der Waals surface area contributed by atoms with Gasteiger partial charge in [0.2, 0.25) is 11.8 Å². The van der Waals surface area contributed by atoms with Crippen LogP contribution in [0.15, 0.2) is 0 Å². The number of hydrogen-bond acceptors (Lipinski definition) is 4. The van der Waals surface area contributed by atoms with Crippen molar-refractivity contribution in [2.75, 3.05) is 46.9 Å². The summed E-state index contributed by atoms with van der Waals surface area (Å²) in [6.45, 7) is 2.33. The molecule has 1 fully saturated rings. The van der Waals surface area contributed by atoms with Gasteiger partial charge in [0.25, 0.3) is 0 Å². The largest absolute Gasteiger partial charge is 0.395 e. The zero-order valence-electron chi connectivity index (χ0n) is 11.2. The molecule has 6 heteroatoms. The van der Waals surface area contributed by atoms with Crippen LogP contribution in [0, 0.1) is 5.92 Å². The van der Waals surface area contributed by atoms with Gasteiger partial charge in [-0.05, 0) is 27.1 Å². The molecule has 1 saturated heterocycles. The normalized spacial score (nSPS) is 19.7. The number of amides is 2. The maximum absolute atomic E-state index is 11.7. The molecule has 6 nitrogen and oxygen atoms in total. The summed E-state index contributed by atoms with van der Waals surface area (Å²) in [6, 6.07) is 0. The molecule has 1 unspecified atom stereocenters. The SMILES string of the molecule is CN(C)CCCN1CC(C(=O)NCCO)CC1=O. The number of aliphatic hydroxyl groups excluding tert-OH is 1. The van der Waals surface area contributed by atoms with Crippen LogP contribution in [0.1, 0.15) is 12.8 Å². The summed E-state index contributed by atoms with van der Waals surface area (Å²) >= 11 is 0. The summed E-state index contributed by atoms with van der Waals surface area (Å²) in [4.78, 5) is 27.2. The fourth-order valence-corrected chi connectivity index (χ4v) is 2.07. The average Bonchev–Trinajstić information content (AvgIpc) is 2.67. The van der Waals surface area contributed by atoms with E-state index in [1.54, 1.807) is 4.90 Å². The van der Waals surface area contributed by atoms with Crippen LogP contribution >= 0.6 is 0 Å². The third-order valence-electron chi connectivity index (χ3n) is 3.03. The van der Waals surface area contributed by atoms with Gasteiger partial charge in [0.1, 0.15) is 0 Å². The summed E-state index contributed by atoms with van der Waals surface area (Å²) in [5, 5.41) is 11.2. The van der Waals surface area contributed by atoms with Gasteiger partial charge < -0.3 is 20.2 Å². The maximum Gasteiger partial charge on any atom is 0.225 e. The second kappa shape index (κ2) is 7.33. The molecule has 2 N–H and O–H groups in total. The number of likely N-dealkylation sites (tertiary alicyclic amines) is 1. The molecule has 0 radical (unpaired) electrons. The lowest BCUT2D eigenvalue weighted by Gasteiger charge is -2.18. The average molecular weight is 257 g/mol. The maximum atomic E-state index is 11.7. The monoisotopic (exact) mass is 257 g/mol. The Balaban J connectivity index is 2.32. The van der Waals surface area contributed by atoms with Crippen LogP contribution in [0.25, 0.3) is 0 Å². The number of nitrogens with zero attached hydrogens (tertiary/aromatic N) is 2. The number of carbonyl (C=O) groups is 2. The van der Waals surface area contributed by atoms with Crippen molar-refractivity contribution in [1.82, 2.24) is 15.1 Å². The molecule has 0 aromatic heterocycles. The van der Waals surface area contributed by atoms with Crippen molar-refractivity contribution in [3.05, 3.63) is 0 Å². The minimum absolute atomic E-state index is 0.0536. The third kappa shape index (κ3) is 4.62. The first-order chi connectivity index (χ1) is 8.54. The molecule has 18 heavy (non-hydrogen) atoms. The predicted molar refractivity (Wildman–Crippen MR) is 68.0 cm³/mol. The van der Waals surface area contributed by atoms with Gasteiger partial charge in [0.15, 0.2) is 0 Å². The van der Waals surface area contributed by atoms with E-state index < -0.39 is 0 Å². The minimum atomic E-state index is -0.261. The lowest BCUT2D eigenvalue weighted by atomic mass is 10.1. The van der Waals surface area contributed by atoms with Gasteiger partial charge in [-0.2, -0.15) is 0 Å². The highest BCUT2D eigenvalue weighted by Crippen LogP contribution is 2.18. The molecular formula is C12H23N3O3. The van der Waals surface area contributed by atoms with E-state index in [1.165, 1.54) is 0 Å². The number of aliphatic hydroxyl groups is 1. The highest BCUT2D eigenvalue weighted by atomic mass is 16.3. The lowest BCUT2D eigenvalue weighted by molar-refractivity contribution is -0.129. The number of carbonyl (C=O) groups excluding carboxylic acids is 2. The van der Waals surface area contributed by atoms with Crippen LogP contribution in [-0.4, -0.2) is 73.6 Å². The van der Waals surface area contributed by atoms with Crippen molar-refractivity contribution in [3.63, 3.8) is 0 Å². The highest BCUT2D eigenvalue weighted by Gasteiger charge is 2.33. The fraction of sp³-hybridized carbons (Fsp3) is 0.833. The van der Waals surface area contributed by atoms with Crippen LogP contribution in [0.5, 0.6) is 0 Å². The molecule has 1 aliphatic rings. The summed E-state index contributed by atoms with van der Waals surface area (Å²) in [7, 11) is 3.99. The van der Waals surface area contributed by atoms with E-state index in [4.69, 9.17) is 5.11 Å². The Morgan fingerprint density at radius 2 is 2.28 bits per heavy atom. The number of nitrogens with one attached hydrogen (secondary N) is 1. The quantitative estimate of drug-likeness (QED) is 0.607. The first-order valence-electron chi connectivity index (χ1n) is 6.35. The molecule has 0 aromatic carbocycles. The fourth-order valence-electron chi connectivity index (χ4n) is 2.07. The Kier molecular flexibility index (Phi) is 6.07. The molecule has 1 heterocycles. The molecule has 1 rings (SSSR count). The second-order valence-corrected chi connectivity index (χ2v) is 4.91. The van der Waals surface area contributed by atoms with Crippen LogP contribution < -0.4 is 5.32 Å². The predicted octanol–water partition coefficient (Wildman–Crippen LogP) is -1.10. The van der Waals surface area contributed by atoms with Crippen molar-refractivity contribution in [2.24, 2.45) is 5.92 Å². The van der Waals surface area contributed by atoms with Crippen molar-refractivity contribution in [1.29, 1.82) is 0 Å². The van der Waals surface area contributed by atoms with E-state index in [2.05, 4.69) is 10.2 Å². The highest BCUT2D eigenvalue weighted by molar-refractivity contribution is 5.89. The Morgan fingerprint density at radius 1 is 1.56 bits per heavy atom. The summed E-state index contributed by atoms with van der Waals surface area (Å²) in [6.07, 6.45) is 1.21. The van der Waals surface area contributed by atoms with E-state index in [1.807, 2.05) is 14.1 Å². The van der Waals surface area contributed by atoms with Gasteiger partial charge in [-0.15, -0.1) is 0 Å². The van der Waals surface area contributed by atoms with Gasteiger partial charge in [-0.1, -0.05) is 0 Å². The van der Waals surface area contributed by atoms with E-state index in [9.17, 15) is 9.59 Å². The van der Waals surface area contributed by atoms with Crippen molar-refractivity contribution in [3.8, 4) is 0 Å². The van der Waals surface area contributed by atoms with Crippen molar-refractivity contribution < 1.29 is 14.7 Å². The second-order valence-electron chi connectivity index (χ2n) is 4.91. The molecule has 0 aromatic rings. The van der Waals surface area contributed by atoms with E-state index in [0.717, 1.165) is 13.0 Å². The Hall–Kier alpha value is -1.14. The van der Waals surface area contributed by atoms with Crippen LogP contribution in [0.3, 0.4) is 0 Å². The van der Waals surface area contributed by atoms with Gasteiger partial charge >= 0.3 is 0 Å². The number of rotatable bonds is 7. The molecular weight excluding hydrogens is 234 g/mol. The standard InChI is InChI=1S/C12H23N3O3/c1-14(2)5-3-6-15-9-10(8-11(15)17)12(18)13-4-7-16/h10,16H,3-9H2,1-2H3,(H,13,18). The molecule has 0 bridgehead atoms. The minimum Gasteiger partial charge on any atom is -0.395 e. The first-order valence-corrected chi connectivity index (χ1v) is 6.35. The smallest absolute Gasteiger partial charge is 0.225 e. The number of hydrogen-bond donors (Lipinski definition) is 2. The Bertz CT molecular complexity index is 294. The zero-order chi connectivity index (χ0) is 13.5. The van der Waals surface area contributed by atoms with Gasteiger partial charge in [0.05, 0.1) is 12.5 Å². The molecule has 2 amide bonds. The van der Waals surface area contributed by atoms with Gasteiger partial charge in [-0.25, -0.2) is 0 Å². The first kappa shape index (κ1) is 14.9.